The highest BCUT2D eigenvalue weighted by Gasteiger charge is 2.35. The highest BCUT2D eigenvalue weighted by Crippen LogP contribution is 2.34. The highest BCUT2D eigenvalue weighted by atomic mass is 32.1. The molecule has 3 rings (SSSR count). The minimum atomic E-state index is 0.0314. The number of hydrogen-bond donors (Lipinski definition) is 0. The fourth-order valence-electron chi connectivity index (χ4n) is 4.11. The molecular weight excluding hydrogens is 384 g/mol. The summed E-state index contributed by atoms with van der Waals surface area (Å²) in [6.07, 6.45) is 0. The maximum Gasteiger partial charge on any atom is 0.248 e. The van der Waals surface area contributed by atoms with Gasteiger partial charge in [0.15, 0.2) is 0 Å². The average Bonchev–Trinajstić information content (AvgIpc) is 3.36. The van der Waals surface area contributed by atoms with Crippen LogP contribution in [0, 0.1) is 12.8 Å². The molecule has 0 spiro atoms. The number of rotatable bonds is 10. The Morgan fingerprint density at radius 3 is 2.62 bits per heavy atom. The summed E-state index contributed by atoms with van der Waals surface area (Å²) in [7, 11) is 3.24. The number of thiophene rings is 1. The summed E-state index contributed by atoms with van der Waals surface area (Å²) < 4.78 is 10.3. The van der Waals surface area contributed by atoms with Gasteiger partial charge in [0.1, 0.15) is 6.61 Å². The van der Waals surface area contributed by atoms with Crippen molar-refractivity contribution < 1.29 is 14.3 Å². The fourth-order valence-corrected chi connectivity index (χ4v) is 4.85. The summed E-state index contributed by atoms with van der Waals surface area (Å²) in [5, 5.41) is 2.14. The summed E-state index contributed by atoms with van der Waals surface area (Å²) >= 11 is 1.81. The Balaban J connectivity index is 1.76. The second-order valence-electron chi connectivity index (χ2n) is 7.82. The van der Waals surface area contributed by atoms with Crippen molar-refractivity contribution in [3.8, 4) is 0 Å². The maximum atomic E-state index is 12.6. The molecule has 0 unspecified atom stereocenters. The molecule has 1 saturated heterocycles. The van der Waals surface area contributed by atoms with Crippen molar-refractivity contribution in [1.82, 2.24) is 9.80 Å². The molecule has 2 aromatic rings. The molecule has 1 aliphatic heterocycles. The molecule has 0 saturated carbocycles. The molecule has 2 heterocycles. The van der Waals surface area contributed by atoms with Crippen molar-refractivity contribution in [2.24, 2.45) is 5.92 Å². The second kappa shape index (κ2) is 10.9. The van der Waals surface area contributed by atoms with E-state index in [4.69, 9.17) is 9.47 Å². The Morgan fingerprint density at radius 1 is 1.17 bits per heavy atom. The third kappa shape index (κ3) is 6.12. The third-order valence-corrected chi connectivity index (χ3v) is 6.48. The quantitative estimate of drug-likeness (QED) is 0.595. The molecule has 0 radical (unpaired) electrons. The van der Waals surface area contributed by atoms with Crippen LogP contribution in [0.25, 0.3) is 0 Å². The first kappa shape index (κ1) is 22.0. The molecule has 0 N–H and O–H groups in total. The lowest BCUT2D eigenvalue weighted by Crippen LogP contribution is -2.41. The monoisotopic (exact) mass is 416 g/mol. The van der Waals surface area contributed by atoms with Crippen molar-refractivity contribution in [2.75, 3.05) is 53.6 Å². The van der Waals surface area contributed by atoms with E-state index in [9.17, 15) is 4.79 Å². The van der Waals surface area contributed by atoms with Crippen LogP contribution in [-0.2, 0) is 20.8 Å². The molecule has 1 amide bonds. The van der Waals surface area contributed by atoms with Gasteiger partial charge >= 0.3 is 0 Å². The van der Waals surface area contributed by atoms with Crippen molar-refractivity contribution in [2.45, 2.75) is 19.4 Å². The molecule has 5 nitrogen and oxygen atoms in total. The van der Waals surface area contributed by atoms with Gasteiger partial charge in [-0.2, -0.15) is 0 Å². The van der Waals surface area contributed by atoms with Gasteiger partial charge in [-0.25, -0.2) is 0 Å². The summed E-state index contributed by atoms with van der Waals surface area (Å²) in [6, 6.07) is 13.2. The zero-order valence-electron chi connectivity index (χ0n) is 17.7. The van der Waals surface area contributed by atoms with E-state index >= 15 is 0 Å². The first-order valence-corrected chi connectivity index (χ1v) is 11.1. The lowest BCUT2D eigenvalue weighted by molar-refractivity contribution is -0.136. The summed E-state index contributed by atoms with van der Waals surface area (Å²) in [5.41, 5.74) is 2.64. The predicted octanol–water partition coefficient (Wildman–Crippen LogP) is 3.39. The molecule has 0 aliphatic carbocycles. The molecule has 6 heteroatoms. The lowest BCUT2D eigenvalue weighted by atomic mass is 9.88. The maximum absolute atomic E-state index is 12.6. The van der Waals surface area contributed by atoms with Gasteiger partial charge in [0.05, 0.1) is 6.61 Å². The fraction of sp³-hybridized carbons (Fsp3) is 0.522. The minimum Gasteiger partial charge on any atom is -0.383 e. The van der Waals surface area contributed by atoms with Crippen molar-refractivity contribution in [3.63, 3.8) is 0 Å². The van der Waals surface area contributed by atoms with Gasteiger partial charge in [-0.1, -0.05) is 35.9 Å². The van der Waals surface area contributed by atoms with Crippen LogP contribution in [0.1, 0.15) is 21.9 Å². The van der Waals surface area contributed by atoms with Gasteiger partial charge in [0.25, 0.3) is 0 Å². The summed E-state index contributed by atoms with van der Waals surface area (Å²) in [6.45, 7) is 7.07. The predicted molar refractivity (Wildman–Crippen MR) is 117 cm³/mol. The zero-order valence-corrected chi connectivity index (χ0v) is 18.5. The van der Waals surface area contributed by atoms with Crippen molar-refractivity contribution >= 4 is 17.2 Å². The number of aryl methyl sites for hydroxylation is 1. The standard InChI is InChI=1S/C23H32N2O3S/c1-18-6-8-19(9-7-18)22-16-24(15-21-5-4-12-29-21)13-20(22)14-25(10-11-27-2)23(26)17-28-3/h4-9,12,20,22H,10-11,13-17H2,1-3H3/t20-,22-/m0/s1. The second-order valence-corrected chi connectivity index (χ2v) is 8.85. The third-order valence-electron chi connectivity index (χ3n) is 5.62. The van der Waals surface area contributed by atoms with Gasteiger partial charge in [0, 0.05) is 57.7 Å². The first-order valence-electron chi connectivity index (χ1n) is 10.2. The number of carbonyl (C=O) groups is 1. The number of nitrogens with zero attached hydrogens (tertiary/aromatic N) is 2. The summed E-state index contributed by atoms with van der Waals surface area (Å²) in [4.78, 5) is 18.4. The molecule has 1 aromatic heterocycles. The minimum absolute atomic E-state index is 0.0314. The molecular formula is C23H32N2O3S. The van der Waals surface area contributed by atoms with E-state index in [2.05, 4.69) is 53.6 Å². The normalized spacial score (nSPS) is 19.6. The van der Waals surface area contributed by atoms with E-state index in [1.54, 1.807) is 14.2 Å². The largest absolute Gasteiger partial charge is 0.383 e. The number of carbonyl (C=O) groups excluding carboxylic acids is 1. The number of likely N-dealkylation sites (tertiary alicyclic amines) is 1. The van der Waals surface area contributed by atoms with E-state index in [1.807, 2.05) is 16.2 Å². The molecule has 1 aromatic carbocycles. The molecule has 158 valence electrons. The van der Waals surface area contributed by atoms with Crippen LogP contribution in [0.4, 0.5) is 0 Å². The number of benzene rings is 1. The van der Waals surface area contributed by atoms with E-state index in [0.29, 0.717) is 25.0 Å². The van der Waals surface area contributed by atoms with Gasteiger partial charge < -0.3 is 14.4 Å². The number of methoxy groups -OCH3 is 2. The van der Waals surface area contributed by atoms with Crippen LogP contribution in [0.5, 0.6) is 0 Å². The van der Waals surface area contributed by atoms with E-state index in [0.717, 1.165) is 26.2 Å². The Morgan fingerprint density at radius 2 is 1.97 bits per heavy atom. The van der Waals surface area contributed by atoms with Crippen LogP contribution in [0.2, 0.25) is 0 Å². The lowest BCUT2D eigenvalue weighted by Gasteiger charge is -2.28. The number of hydrogen-bond acceptors (Lipinski definition) is 5. The van der Waals surface area contributed by atoms with Gasteiger partial charge in [-0.05, 0) is 29.9 Å². The van der Waals surface area contributed by atoms with Crippen LogP contribution >= 0.6 is 11.3 Å². The Kier molecular flexibility index (Phi) is 8.24. The van der Waals surface area contributed by atoms with Gasteiger partial charge in [0.2, 0.25) is 5.91 Å². The van der Waals surface area contributed by atoms with Crippen LogP contribution in [-0.4, -0.2) is 69.3 Å². The number of amides is 1. The average molecular weight is 417 g/mol. The van der Waals surface area contributed by atoms with Gasteiger partial charge in [-0.15, -0.1) is 11.3 Å². The molecule has 29 heavy (non-hydrogen) atoms. The van der Waals surface area contributed by atoms with Crippen LogP contribution in [0.15, 0.2) is 41.8 Å². The molecule has 2 atom stereocenters. The Hall–Kier alpha value is -1.73. The SMILES string of the molecule is COCCN(C[C@@H]1CN(Cc2cccs2)C[C@H]1c1ccc(C)cc1)C(=O)COC. The highest BCUT2D eigenvalue weighted by molar-refractivity contribution is 7.09. The van der Waals surface area contributed by atoms with E-state index in [1.165, 1.54) is 16.0 Å². The Labute approximate surface area is 178 Å². The molecule has 0 bridgehead atoms. The summed E-state index contributed by atoms with van der Waals surface area (Å²) in [5.74, 6) is 0.829. The van der Waals surface area contributed by atoms with Crippen molar-refractivity contribution in [3.05, 3.63) is 57.8 Å². The molecule has 1 fully saturated rings. The zero-order chi connectivity index (χ0) is 20.6. The van der Waals surface area contributed by atoms with Crippen LogP contribution < -0.4 is 0 Å². The van der Waals surface area contributed by atoms with Crippen LogP contribution in [0.3, 0.4) is 0 Å². The first-order chi connectivity index (χ1) is 14.1. The smallest absolute Gasteiger partial charge is 0.248 e. The van der Waals surface area contributed by atoms with E-state index in [-0.39, 0.29) is 12.5 Å². The van der Waals surface area contributed by atoms with E-state index < -0.39 is 0 Å². The Bertz CT molecular complexity index is 748. The number of ether oxygens (including phenoxy) is 2. The van der Waals surface area contributed by atoms with Crippen molar-refractivity contribution in [1.29, 1.82) is 0 Å². The molecule has 1 aliphatic rings. The topological polar surface area (TPSA) is 42.0 Å². The van der Waals surface area contributed by atoms with Gasteiger partial charge in [-0.3, -0.25) is 9.69 Å².